The number of amides is 3. The van der Waals surface area contributed by atoms with Crippen molar-refractivity contribution in [2.24, 2.45) is 5.41 Å². The first-order valence-corrected chi connectivity index (χ1v) is 10.4. The molecule has 0 radical (unpaired) electrons. The van der Waals surface area contributed by atoms with Crippen molar-refractivity contribution in [2.75, 3.05) is 6.54 Å². The highest BCUT2D eigenvalue weighted by atomic mass is 16.6. The zero-order chi connectivity index (χ0) is 20.6. The Bertz CT molecular complexity index is 836. The summed E-state index contributed by atoms with van der Waals surface area (Å²) < 4.78 is 10.9. The van der Waals surface area contributed by atoms with Gasteiger partial charge in [-0.05, 0) is 58.3 Å². The van der Waals surface area contributed by atoms with Gasteiger partial charge in [0.2, 0.25) is 0 Å². The van der Waals surface area contributed by atoms with Gasteiger partial charge in [0.1, 0.15) is 17.1 Å². The highest BCUT2D eigenvalue weighted by molar-refractivity contribution is 5.77. The maximum Gasteiger partial charge on any atom is 0.407 e. The van der Waals surface area contributed by atoms with E-state index in [0.29, 0.717) is 6.54 Å². The van der Waals surface area contributed by atoms with Gasteiger partial charge in [0.25, 0.3) is 0 Å². The first kappa shape index (κ1) is 18.7. The molecule has 2 aliphatic heterocycles. The summed E-state index contributed by atoms with van der Waals surface area (Å²) in [5.74, 6) is 0.993. The number of piperidine rings is 1. The number of carbonyl (C=O) groups excluding carboxylic acids is 2. The summed E-state index contributed by atoms with van der Waals surface area (Å²) in [7, 11) is 0. The second-order valence-corrected chi connectivity index (χ2v) is 10.0. The summed E-state index contributed by atoms with van der Waals surface area (Å²) >= 11 is 0. The summed E-state index contributed by atoms with van der Waals surface area (Å²) in [6.45, 7) is 6.07. The second-order valence-electron chi connectivity index (χ2n) is 10.0. The van der Waals surface area contributed by atoms with Gasteiger partial charge in [-0.15, -0.1) is 0 Å². The smallest absolute Gasteiger partial charge is 0.407 e. The Morgan fingerprint density at radius 1 is 1.38 bits per heavy atom. The molecule has 9 nitrogen and oxygen atoms in total. The number of hydrogen-bond donors (Lipinski definition) is 2. The van der Waals surface area contributed by atoms with Crippen molar-refractivity contribution in [1.82, 2.24) is 20.4 Å². The summed E-state index contributed by atoms with van der Waals surface area (Å²) in [4.78, 5) is 26.0. The predicted molar refractivity (Wildman–Crippen MR) is 100 cm³/mol. The van der Waals surface area contributed by atoms with Crippen LogP contribution in [0, 0.1) is 5.41 Å². The Morgan fingerprint density at radius 3 is 2.76 bits per heavy atom. The standard InChI is InChI=1S/C20H28N4O5/c1-19(2,3)28-17(25)21-12-6-11(7-12)15-8-13(22-29-15)14-9-20(4-5-20)16-10-23(14)18(26)24(16)27/h8,11-12,14,16,27H,4-7,9-10H2,1-3H3,(H,21,25)/t11-,12-,14-,16+/m0/s1. The number of fused-ring (bicyclic) bond motifs is 3. The monoisotopic (exact) mass is 404 g/mol. The van der Waals surface area contributed by atoms with Gasteiger partial charge in [-0.3, -0.25) is 5.21 Å². The Kier molecular flexibility index (Phi) is 3.94. The average molecular weight is 404 g/mol. The highest BCUT2D eigenvalue weighted by Gasteiger charge is 2.63. The van der Waals surface area contributed by atoms with Crippen molar-refractivity contribution in [3.63, 3.8) is 0 Å². The SMILES string of the molecule is CC(C)(C)OC(=O)N[C@H]1C[C@H](c2cc([C@@H]3CC4(CC4)[C@H]4CN3C(=O)N4O)no2)C1. The Labute approximate surface area is 169 Å². The van der Waals surface area contributed by atoms with Crippen LogP contribution in [0.5, 0.6) is 0 Å². The molecule has 4 fully saturated rings. The lowest BCUT2D eigenvalue weighted by Crippen LogP contribution is -2.45. The normalized spacial score (nSPS) is 32.3. The van der Waals surface area contributed by atoms with E-state index in [9.17, 15) is 14.8 Å². The van der Waals surface area contributed by atoms with Crippen LogP contribution in [0.25, 0.3) is 0 Å². The third-order valence-corrected chi connectivity index (χ3v) is 6.83. The molecule has 2 saturated carbocycles. The quantitative estimate of drug-likeness (QED) is 0.749. The molecular formula is C20H28N4O5. The number of alkyl carbamates (subject to hydrolysis) is 1. The van der Waals surface area contributed by atoms with Crippen molar-refractivity contribution < 1.29 is 24.1 Å². The molecule has 1 aromatic heterocycles. The maximum atomic E-state index is 12.4. The van der Waals surface area contributed by atoms with Crippen LogP contribution in [0.4, 0.5) is 9.59 Å². The molecule has 2 saturated heterocycles. The fourth-order valence-electron chi connectivity index (χ4n) is 5.01. The molecule has 158 valence electrons. The van der Waals surface area contributed by atoms with Crippen LogP contribution >= 0.6 is 0 Å². The van der Waals surface area contributed by atoms with Crippen LogP contribution in [0.15, 0.2) is 10.6 Å². The molecule has 29 heavy (non-hydrogen) atoms. The molecule has 1 spiro atoms. The molecule has 3 amide bonds. The van der Waals surface area contributed by atoms with Crippen molar-refractivity contribution in [3.05, 3.63) is 17.5 Å². The minimum absolute atomic E-state index is 0.0279. The minimum atomic E-state index is -0.512. The number of carbonyl (C=O) groups is 2. The average Bonchev–Trinajstić information content (AvgIpc) is 3.09. The van der Waals surface area contributed by atoms with Crippen LogP contribution in [0.1, 0.15) is 76.3 Å². The van der Waals surface area contributed by atoms with Crippen molar-refractivity contribution in [2.45, 2.75) is 82.5 Å². The van der Waals surface area contributed by atoms with Gasteiger partial charge in [0.15, 0.2) is 0 Å². The maximum absolute atomic E-state index is 12.4. The zero-order valence-electron chi connectivity index (χ0n) is 17.1. The van der Waals surface area contributed by atoms with Crippen LogP contribution in [0.3, 0.4) is 0 Å². The predicted octanol–water partition coefficient (Wildman–Crippen LogP) is 3.17. The van der Waals surface area contributed by atoms with Gasteiger partial charge in [-0.2, -0.15) is 0 Å². The van der Waals surface area contributed by atoms with E-state index < -0.39 is 11.7 Å². The number of urea groups is 1. The molecule has 1 aromatic rings. The fourth-order valence-corrected chi connectivity index (χ4v) is 5.01. The first-order valence-electron chi connectivity index (χ1n) is 10.4. The van der Waals surface area contributed by atoms with E-state index in [-0.39, 0.29) is 35.5 Å². The second kappa shape index (κ2) is 6.10. The lowest BCUT2D eigenvalue weighted by molar-refractivity contribution is -0.0782. The molecule has 2 bridgehead atoms. The van der Waals surface area contributed by atoms with E-state index in [2.05, 4.69) is 10.5 Å². The van der Waals surface area contributed by atoms with E-state index >= 15 is 0 Å². The lowest BCUT2D eigenvalue weighted by atomic mass is 9.78. The molecule has 2 N–H and O–H groups in total. The van der Waals surface area contributed by atoms with Gasteiger partial charge in [0, 0.05) is 24.6 Å². The number of nitrogens with one attached hydrogen (secondary N) is 1. The number of hydroxylamine groups is 2. The largest absolute Gasteiger partial charge is 0.444 e. The van der Waals surface area contributed by atoms with Crippen molar-refractivity contribution in [3.8, 4) is 0 Å². The number of hydrogen-bond acceptors (Lipinski definition) is 6. The van der Waals surface area contributed by atoms with Gasteiger partial charge in [0.05, 0.1) is 12.1 Å². The minimum Gasteiger partial charge on any atom is -0.444 e. The number of aromatic nitrogens is 1. The number of ether oxygens (including phenoxy) is 1. The Morgan fingerprint density at radius 2 is 2.10 bits per heavy atom. The molecule has 3 heterocycles. The van der Waals surface area contributed by atoms with Crippen molar-refractivity contribution in [1.29, 1.82) is 0 Å². The van der Waals surface area contributed by atoms with Crippen LogP contribution < -0.4 is 5.32 Å². The third kappa shape index (κ3) is 3.15. The summed E-state index contributed by atoms with van der Waals surface area (Å²) in [6, 6.07) is 1.44. The number of rotatable bonds is 3. The van der Waals surface area contributed by atoms with E-state index in [0.717, 1.165) is 48.6 Å². The summed E-state index contributed by atoms with van der Waals surface area (Å²) in [5.41, 5.74) is 0.277. The summed E-state index contributed by atoms with van der Waals surface area (Å²) in [5, 5.41) is 18.2. The molecular weight excluding hydrogens is 376 g/mol. The third-order valence-electron chi connectivity index (χ3n) is 6.83. The van der Waals surface area contributed by atoms with Gasteiger partial charge in [-0.25, -0.2) is 14.7 Å². The van der Waals surface area contributed by atoms with Gasteiger partial charge < -0.3 is 19.5 Å². The van der Waals surface area contributed by atoms with Crippen LogP contribution in [-0.4, -0.2) is 56.7 Å². The number of nitrogens with zero attached hydrogens (tertiary/aromatic N) is 3. The molecule has 5 rings (SSSR count). The summed E-state index contributed by atoms with van der Waals surface area (Å²) in [6.07, 6.45) is 4.05. The molecule has 0 aromatic carbocycles. The van der Waals surface area contributed by atoms with Crippen LogP contribution in [-0.2, 0) is 4.74 Å². The Balaban J connectivity index is 1.21. The lowest BCUT2D eigenvalue weighted by Gasteiger charge is -2.35. The molecule has 2 aliphatic carbocycles. The van der Waals surface area contributed by atoms with Gasteiger partial charge in [-0.1, -0.05) is 5.16 Å². The molecule has 2 atom stereocenters. The zero-order valence-corrected chi connectivity index (χ0v) is 17.1. The topological polar surface area (TPSA) is 108 Å². The van der Waals surface area contributed by atoms with Gasteiger partial charge >= 0.3 is 12.1 Å². The highest BCUT2D eigenvalue weighted by Crippen LogP contribution is 2.61. The van der Waals surface area contributed by atoms with Crippen molar-refractivity contribution >= 4 is 12.1 Å². The molecule has 4 aliphatic rings. The molecule has 0 unspecified atom stereocenters. The molecule has 9 heteroatoms. The first-order chi connectivity index (χ1) is 13.7. The van der Waals surface area contributed by atoms with E-state index in [1.807, 2.05) is 26.8 Å². The van der Waals surface area contributed by atoms with Crippen LogP contribution in [0.2, 0.25) is 0 Å². The fraction of sp³-hybridized carbons (Fsp3) is 0.750. The van der Waals surface area contributed by atoms with E-state index in [4.69, 9.17) is 9.26 Å². The van der Waals surface area contributed by atoms with E-state index in [1.165, 1.54) is 0 Å². The Hall–Kier alpha value is -2.29. The van der Waals surface area contributed by atoms with E-state index in [1.54, 1.807) is 4.90 Å².